The molecule has 118 valence electrons. The number of hydrogen-bond acceptors (Lipinski definition) is 4. The molecule has 0 saturated carbocycles. The summed E-state index contributed by atoms with van der Waals surface area (Å²) >= 11 is 0. The Kier molecular flexibility index (Phi) is 5.94. The fourth-order valence-corrected chi connectivity index (χ4v) is 2.91. The number of hydrogen-bond donors (Lipinski definition) is 3. The van der Waals surface area contributed by atoms with E-state index in [4.69, 9.17) is 0 Å². The molecule has 0 fully saturated rings. The van der Waals surface area contributed by atoms with Gasteiger partial charge in [0.15, 0.2) is 0 Å². The van der Waals surface area contributed by atoms with Crippen molar-refractivity contribution in [2.45, 2.75) is 13.1 Å². The number of nitrogens with one attached hydrogen (secondary N) is 2. The van der Waals surface area contributed by atoms with Gasteiger partial charge in [-0.25, -0.2) is 13.1 Å². The van der Waals surface area contributed by atoms with E-state index < -0.39 is 10.0 Å². The van der Waals surface area contributed by atoms with Crippen LogP contribution in [0.5, 0.6) is 5.75 Å². The van der Waals surface area contributed by atoms with Crippen LogP contribution in [0.15, 0.2) is 54.6 Å². The monoisotopic (exact) mass is 320 g/mol. The second-order valence-corrected chi connectivity index (χ2v) is 6.90. The van der Waals surface area contributed by atoms with Gasteiger partial charge in [0.25, 0.3) is 0 Å². The Morgan fingerprint density at radius 3 is 2.36 bits per heavy atom. The summed E-state index contributed by atoms with van der Waals surface area (Å²) in [6.07, 6.45) is 0. The third-order valence-corrected chi connectivity index (χ3v) is 4.45. The van der Waals surface area contributed by atoms with Crippen molar-refractivity contribution in [2.24, 2.45) is 0 Å². The Labute approximate surface area is 131 Å². The van der Waals surface area contributed by atoms with E-state index in [9.17, 15) is 13.5 Å². The summed E-state index contributed by atoms with van der Waals surface area (Å²) in [6, 6.07) is 16.3. The highest BCUT2D eigenvalue weighted by Gasteiger charge is 2.09. The van der Waals surface area contributed by atoms with E-state index in [0.29, 0.717) is 19.6 Å². The van der Waals surface area contributed by atoms with E-state index in [1.807, 2.05) is 36.4 Å². The Hall–Kier alpha value is -1.89. The number of rotatable bonds is 8. The number of sulfonamides is 1. The third-order valence-electron chi connectivity index (χ3n) is 3.13. The summed E-state index contributed by atoms with van der Waals surface area (Å²) in [5.74, 6) is 0.218. The summed E-state index contributed by atoms with van der Waals surface area (Å²) < 4.78 is 26.3. The lowest BCUT2D eigenvalue weighted by Crippen LogP contribution is -2.31. The quantitative estimate of drug-likeness (QED) is 0.646. The van der Waals surface area contributed by atoms with Crippen molar-refractivity contribution in [2.75, 3.05) is 12.3 Å². The van der Waals surface area contributed by atoms with Crippen LogP contribution in [0, 0.1) is 0 Å². The second-order valence-electron chi connectivity index (χ2n) is 4.97. The molecule has 0 radical (unpaired) electrons. The van der Waals surface area contributed by atoms with Gasteiger partial charge in [-0.3, -0.25) is 0 Å². The van der Waals surface area contributed by atoms with Gasteiger partial charge >= 0.3 is 0 Å². The van der Waals surface area contributed by atoms with Crippen molar-refractivity contribution in [3.63, 3.8) is 0 Å². The molecule has 0 aromatic heterocycles. The zero-order chi connectivity index (χ0) is 15.8. The van der Waals surface area contributed by atoms with Crippen LogP contribution in [0.1, 0.15) is 11.1 Å². The predicted octanol–water partition coefficient (Wildman–Crippen LogP) is 1.60. The van der Waals surface area contributed by atoms with Gasteiger partial charge < -0.3 is 10.4 Å². The van der Waals surface area contributed by atoms with Gasteiger partial charge in [0.2, 0.25) is 10.0 Å². The molecule has 0 heterocycles. The molecule has 2 rings (SSSR count). The molecular weight excluding hydrogens is 300 g/mol. The van der Waals surface area contributed by atoms with Crippen LogP contribution in [-0.2, 0) is 23.1 Å². The van der Waals surface area contributed by atoms with Crippen molar-refractivity contribution >= 4 is 10.0 Å². The molecular formula is C16H20N2O3S. The van der Waals surface area contributed by atoms with Crippen LogP contribution in [-0.4, -0.2) is 25.8 Å². The molecule has 3 N–H and O–H groups in total. The van der Waals surface area contributed by atoms with Crippen molar-refractivity contribution in [3.05, 3.63) is 65.7 Å². The number of benzene rings is 2. The van der Waals surface area contributed by atoms with Crippen LogP contribution < -0.4 is 10.0 Å². The number of phenols is 1. The minimum atomic E-state index is -3.30. The highest BCUT2D eigenvalue weighted by atomic mass is 32.2. The highest BCUT2D eigenvalue weighted by molar-refractivity contribution is 7.89. The Bertz CT molecular complexity index is 688. The fraction of sp³-hybridized carbons (Fsp3) is 0.250. The molecule has 0 aliphatic carbocycles. The van der Waals surface area contributed by atoms with Gasteiger partial charge in [-0.05, 0) is 23.3 Å². The van der Waals surface area contributed by atoms with Gasteiger partial charge in [0, 0.05) is 19.6 Å². The van der Waals surface area contributed by atoms with Crippen LogP contribution in [0.2, 0.25) is 0 Å². The maximum atomic E-state index is 11.9. The molecule has 2 aromatic rings. The van der Waals surface area contributed by atoms with E-state index in [0.717, 1.165) is 11.1 Å². The van der Waals surface area contributed by atoms with E-state index in [-0.39, 0.29) is 11.5 Å². The average Bonchev–Trinajstić information content (AvgIpc) is 2.51. The SMILES string of the molecule is O=S(=O)(CCNCc1cccc(O)c1)NCc1ccccc1. The van der Waals surface area contributed by atoms with Gasteiger partial charge in [-0.2, -0.15) is 0 Å². The van der Waals surface area contributed by atoms with Crippen LogP contribution in [0.3, 0.4) is 0 Å². The Morgan fingerprint density at radius 2 is 1.64 bits per heavy atom. The Morgan fingerprint density at radius 1 is 0.909 bits per heavy atom. The van der Waals surface area contributed by atoms with E-state index >= 15 is 0 Å². The molecule has 0 amide bonds. The topological polar surface area (TPSA) is 78.4 Å². The average molecular weight is 320 g/mol. The third kappa shape index (κ3) is 5.85. The first-order valence-corrected chi connectivity index (χ1v) is 8.70. The molecule has 6 heteroatoms. The lowest BCUT2D eigenvalue weighted by Gasteiger charge is -2.08. The van der Waals surface area contributed by atoms with E-state index in [1.54, 1.807) is 18.2 Å². The standard InChI is InChI=1S/C16H20N2O3S/c19-16-8-4-7-15(11-16)12-17-9-10-22(20,21)18-13-14-5-2-1-3-6-14/h1-8,11,17-19H,9-10,12-13H2. The zero-order valence-electron chi connectivity index (χ0n) is 12.2. The van der Waals surface area contributed by atoms with Gasteiger partial charge in [0.1, 0.15) is 5.75 Å². The molecule has 0 atom stereocenters. The highest BCUT2D eigenvalue weighted by Crippen LogP contribution is 2.10. The summed E-state index contributed by atoms with van der Waals surface area (Å²) in [6.45, 7) is 1.16. The minimum Gasteiger partial charge on any atom is -0.508 e. The molecule has 2 aromatic carbocycles. The first-order chi connectivity index (χ1) is 10.6. The molecule has 5 nitrogen and oxygen atoms in total. The summed E-state index contributed by atoms with van der Waals surface area (Å²) in [5.41, 5.74) is 1.84. The predicted molar refractivity (Wildman–Crippen MR) is 86.9 cm³/mol. The molecule has 0 unspecified atom stereocenters. The number of phenolic OH excluding ortho intramolecular Hbond substituents is 1. The lowest BCUT2D eigenvalue weighted by molar-refractivity contribution is 0.474. The summed E-state index contributed by atoms with van der Waals surface area (Å²) in [7, 11) is -3.30. The van der Waals surface area contributed by atoms with Crippen LogP contribution >= 0.6 is 0 Å². The van der Waals surface area contributed by atoms with Crippen molar-refractivity contribution in [1.29, 1.82) is 0 Å². The molecule has 22 heavy (non-hydrogen) atoms. The normalized spacial score (nSPS) is 11.5. The molecule has 0 aliphatic heterocycles. The molecule has 0 spiro atoms. The minimum absolute atomic E-state index is 0.0125. The van der Waals surface area contributed by atoms with Crippen molar-refractivity contribution in [3.8, 4) is 5.75 Å². The van der Waals surface area contributed by atoms with Crippen molar-refractivity contribution in [1.82, 2.24) is 10.0 Å². The zero-order valence-corrected chi connectivity index (χ0v) is 13.0. The smallest absolute Gasteiger partial charge is 0.213 e. The Balaban J connectivity index is 1.71. The number of aromatic hydroxyl groups is 1. The first kappa shape index (κ1) is 16.5. The maximum absolute atomic E-state index is 11.9. The molecule has 0 saturated heterocycles. The van der Waals surface area contributed by atoms with Crippen molar-refractivity contribution < 1.29 is 13.5 Å². The molecule has 0 aliphatic rings. The lowest BCUT2D eigenvalue weighted by atomic mass is 10.2. The molecule has 0 bridgehead atoms. The maximum Gasteiger partial charge on any atom is 0.213 e. The first-order valence-electron chi connectivity index (χ1n) is 7.05. The summed E-state index contributed by atoms with van der Waals surface area (Å²) in [5, 5.41) is 12.4. The van der Waals surface area contributed by atoms with Crippen LogP contribution in [0.4, 0.5) is 0 Å². The second kappa shape index (κ2) is 7.93. The largest absolute Gasteiger partial charge is 0.508 e. The fourth-order valence-electron chi connectivity index (χ4n) is 1.97. The van der Waals surface area contributed by atoms with Gasteiger partial charge in [0.05, 0.1) is 5.75 Å². The van der Waals surface area contributed by atoms with Gasteiger partial charge in [-0.15, -0.1) is 0 Å². The van der Waals surface area contributed by atoms with Gasteiger partial charge in [-0.1, -0.05) is 42.5 Å². The van der Waals surface area contributed by atoms with Crippen LogP contribution in [0.25, 0.3) is 0 Å². The van der Waals surface area contributed by atoms with E-state index in [1.165, 1.54) is 0 Å². The summed E-state index contributed by atoms with van der Waals surface area (Å²) in [4.78, 5) is 0. The van der Waals surface area contributed by atoms with E-state index in [2.05, 4.69) is 10.0 Å².